The minimum Gasteiger partial charge on any atom is -0.464 e. The van der Waals surface area contributed by atoms with Crippen molar-refractivity contribution in [2.75, 3.05) is 6.61 Å². The Labute approximate surface area is 67.9 Å². The topological polar surface area (TPSA) is 26.3 Å². The second-order valence-corrected chi connectivity index (χ2v) is 2.50. The van der Waals surface area contributed by atoms with Crippen LogP contribution in [-0.2, 0) is 9.53 Å². The third-order valence-corrected chi connectivity index (χ3v) is 1.12. The molecule has 0 bridgehead atoms. The smallest absolute Gasteiger partial charge is 0.308 e. The molecule has 0 fully saturated rings. The first kappa shape index (κ1) is 10.0. The Kier molecular flexibility index (Phi) is 5.28. The molecule has 0 saturated heterocycles. The molecular formula is C9H14O2. The van der Waals surface area contributed by atoms with Crippen molar-refractivity contribution >= 4 is 5.97 Å². The van der Waals surface area contributed by atoms with Crippen molar-refractivity contribution in [2.24, 2.45) is 5.92 Å². The maximum atomic E-state index is 10.8. The standard InChI is InChI=1S/C9H14O2/c1-4-5-6-7-11-9(10)8(2)3/h8H,6-7H2,1-3H3. The van der Waals surface area contributed by atoms with Gasteiger partial charge < -0.3 is 4.74 Å². The van der Waals surface area contributed by atoms with Crippen LogP contribution in [-0.4, -0.2) is 12.6 Å². The van der Waals surface area contributed by atoms with Crippen LogP contribution in [0.4, 0.5) is 0 Å². The molecule has 0 N–H and O–H groups in total. The lowest BCUT2D eigenvalue weighted by Gasteiger charge is -2.03. The van der Waals surface area contributed by atoms with Crippen molar-refractivity contribution < 1.29 is 9.53 Å². The molecule has 0 radical (unpaired) electrons. The van der Waals surface area contributed by atoms with Crippen molar-refractivity contribution in [1.82, 2.24) is 0 Å². The molecule has 0 aromatic heterocycles. The van der Waals surface area contributed by atoms with Crippen LogP contribution < -0.4 is 0 Å². The van der Waals surface area contributed by atoms with Gasteiger partial charge in [-0.3, -0.25) is 4.79 Å². The Balaban J connectivity index is 3.37. The van der Waals surface area contributed by atoms with Crippen LogP contribution in [0.2, 0.25) is 0 Å². The van der Waals surface area contributed by atoms with E-state index in [2.05, 4.69) is 11.8 Å². The highest BCUT2D eigenvalue weighted by atomic mass is 16.5. The van der Waals surface area contributed by atoms with Crippen LogP contribution in [0.1, 0.15) is 27.2 Å². The van der Waals surface area contributed by atoms with E-state index in [9.17, 15) is 4.79 Å². The zero-order valence-corrected chi connectivity index (χ0v) is 7.31. The molecule has 0 aromatic rings. The van der Waals surface area contributed by atoms with Crippen LogP contribution in [0.5, 0.6) is 0 Å². The summed E-state index contributed by atoms with van der Waals surface area (Å²) >= 11 is 0. The molecule has 0 aliphatic rings. The summed E-state index contributed by atoms with van der Waals surface area (Å²) in [4.78, 5) is 10.8. The molecule has 2 nitrogen and oxygen atoms in total. The third kappa shape index (κ3) is 5.47. The maximum Gasteiger partial charge on any atom is 0.308 e. The third-order valence-electron chi connectivity index (χ3n) is 1.12. The van der Waals surface area contributed by atoms with Gasteiger partial charge in [-0.1, -0.05) is 13.8 Å². The normalized spacial score (nSPS) is 8.73. The first-order valence-electron chi connectivity index (χ1n) is 3.74. The molecule has 0 aromatic carbocycles. The van der Waals surface area contributed by atoms with E-state index in [-0.39, 0.29) is 11.9 Å². The molecule has 0 heterocycles. The van der Waals surface area contributed by atoms with E-state index in [0.29, 0.717) is 13.0 Å². The first-order chi connectivity index (χ1) is 5.18. The van der Waals surface area contributed by atoms with Gasteiger partial charge in [0.15, 0.2) is 0 Å². The highest BCUT2D eigenvalue weighted by Crippen LogP contribution is 1.95. The first-order valence-corrected chi connectivity index (χ1v) is 3.74. The van der Waals surface area contributed by atoms with E-state index in [1.54, 1.807) is 6.92 Å². The summed E-state index contributed by atoms with van der Waals surface area (Å²) in [5, 5.41) is 0. The SMILES string of the molecule is CC#CCCOC(=O)C(C)C. The second-order valence-electron chi connectivity index (χ2n) is 2.50. The van der Waals surface area contributed by atoms with E-state index in [1.165, 1.54) is 0 Å². The van der Waals surface area contributed by atoms with Gasteiger partial charge >= 0.3 is 5.97 Å². The molecule has 0 rings (SSSR count). The van der Waals surface area contributed by atoms with E-state index in [4.69, 9.17) is 4.74 Å². The Morgan fingerprint density at radius 2 is 2.18 bits per heavy atom. The van der Waals surface area contributed by atoms with Crippen molar-refractivity contribution in [3.05, 3.63) is 0 Å². The molecule has 0 atom stereocenters. The average molecular weight is 154 g/mol. The largest absolute Gasteiger partial charge is 0.464 e. The minimum atomic E-state index is -0.150. The van der Waals surface area contributed by atoms with Crippen molar-refractivity contribution in [3.8, 4) is 11.8 Å². The summed E-state index contributed by atoms with van der Waals surface area (Å²) in [5.41, 5.74) is 0. The van der Waals surface area contributed by atoms with Gasteiger partial charge in [0.1, 0.15) is 6.61 Å². The Hall–Kier alpha value is -0.970. The predicted molar refractivity (Wildman–Crippen MR) is 43.9 cm³/mol. The highest BCUT2D eigenvalue weighted by molar-refractivity contribution is 5.71. The Morgan fingerprint density at radius 3 is 2.64 bits per heavy atom. The summed E-state index contributed by atoms with van der Waals surface area (Å²) in [6.07, 6.45) is 0.634. The summed E-state index contributed by atoms with van der Waals surface area (Å²) in [7, 11) is 0. The molecule has 2 heteroatoms. The van der Waals surface area contributed by atoms with Gasteiger partial charge in [-0.15, -0.1) is 11.8 Å². The molecule has 0 saturated carbocycles. The number of hydrogen-bond donors (Lipinski definition) is 0. The van der Waals surface area contributed by atoms with E-state index >= 15 is 0 Å². The van der Waals surface area contributed by atoms with E-state index < -0.39 is 0 Å². The minimum absolute atomic E-state index is 0.0374. The lowest BCUT2D eigenvalue weighted by Crippen LogP contribution is -2.11. The quantitative estimate of drug-likeness (QED) is 0.350. The molecule has 0 aliphatic heterocycles. The van der Waals surface area contributed by atoms with Crippen molar-refractivity contribution in [1.29, 1.82) is 0 Å². The van der Waals surface area contributed by atoms with Crippen LogP contribution in [0.25, 0.3) is 0 Å². The van der Waals surface area contributed by atoms with Crippen LogP contribution in [0.3, 0.4) is 0 Å². The fraction of sp³-hybridized carbons (Fsp3) is 0.667. The number of rotatable bonds is 3. The fourth-order valence-electron chi connectivity index (χ4n) is 0.494. The lowest BCUT2D eigenvalue weighted by molar-refractivity contribution is -0.147. The van der Waals surface area contributed by atoms with Crippen molar-refractivity contribution in [2.45, 2.75) is 27.2 Å². The molecular weight excluding hydrogens is 140 g/mol. The number of esters is 1. The Bertz CT molecular complexity index is 172. The molecule has 0 unspecified atom stereocenters. The van der Waals surface area contributed by atoms with Gasteiger partial charge in [-0.25, -0.2) is 0 Å². The van der Waals surface area contributed by atoms with Gasteiger partial charge in [0.2, 0.25) is 0 Å². The predicted octanol–water partition coefficient (Wildman–Crippen LogP) is 1.60. The summed E-state index contributed by atoms with van der Waals surface area (Å²) in [6.45, 7) is 5.81. The monoisotopic (exact) mass is 154 g/mol. The number of ether oxygens (including phenoxy) is 1. The van der Waals surface area contributed by atoms with Crippen LogP contribution in [0, 0.1) is 17.8 Å². The molecule has 62 valence electrons. The summed E-state index contributed by atoms with van der Waals surface area (Å²) in [6, 6.07) is 0. The van der Waals surface area contributed by atoms with Gasteiger partial charge in [-0.2, -0.15) is 0 Å². The number of carbonyl (C=O) groups is 1. The zero-order valence-electron chi connectivity index (χ0n) is 7.31. The highest BCUT2D eigenvalue weighted by Gasteiger charge is 2.06. The zero-order chi connectivity index (χ0) is 8.69. The molecule has 0 amide bonds. The fourth-order valence-corrected chi connectivity index (χ4v) is 0.494. The van der Waals surface area contributed by atoms with Crippen molar-refractivity contribution in [3.63, 3.8) is 0 Å². The maximum absolute atomic E-state index is 10.8. The average Bonchev–Trinajstić information content (AvgIpc) is 1.97. The number of carbonyl (C=O) groups excluding carboxylic acids is 1. The molecule has 0 aliphatic carbocycles. The van der Waals surface area contributed by atoms with Gasteiger partial charge in [0.25, 0.3) is 0 Å². The van der Waals surface area contributed by atoms with Gasteiger partial charge in [0, 0.05) is 6.42 Å². The van der Waals surface area contributed by atoms with E-state index in [1.807, 2.05) is 13.8 Å². The van der Waals surface area contributed by atoms with Gasteiger partial charge in [0.05, 0.1) is 5.92 Å². The second kappa shape index (κ2) is 5.79. The summed E-state index contributed by atoms with van der Waals surface area (Å²) < 4.78 is 4.86. The molecule has 11 heavy (non-hydrogen) atoms. The molecule has 0 spiro atoms. The van der Waals surface area contributed by atoms with E-state index in [0.717, 1.165) is 0 Å². The number of hydrogen-bond acceptors (Lipinski definition) is 2. The Morgan fingerprint density at radius 1 is 1.55 bits per heavy atom. The van der Waals surface area contributed by atoms with Crippen LogP contribution >= 0.6 is 0 Å². The van der Waals surface area contributed by atoms with Gasteiger partial charge in [-0.05, 0) is 6.92 Å². The lowest BCUT2D eigenvalue weighted by atomic mass is 10.2. The summed E-state index contributed by atoms with van der Waals surface area (Å²) in [5.74, 6) is 5.36. The van der Waals surface area contributed by atoms with Crippen LogP contribution in [0.15, 0.2) is 0 Å².